The zero-order chi connectivity index (χ0) is 16.6. The fourth-order valence-electron chi connectivity index (χ4n) is 3.30. The molecule has 2 aliphatic rings. The summed E-state index contributed by atoms with van der Waals surface area (Å²) in [7, 11) is 0. The van der Waals surface area contributed by atoms with Gasteiger partial charge in [-0.1, -0.05) is 56.3 Å². The number of para-hydroxylation sites is 1. The molecule has 0 heterocycles. The molecule has 0 saturated heterocycles. The third-order valence-electron chi connectivity index (χ3n) is 4.86. The maximum atomic E-state index is 2.35. The number of allylic oxidation sites excluding steroid dienone is 5. The third-order valence-corrected chi connectivity index (χ3v) is 4.86. The van der Waals surface area contributed by atoms with Crippen LogP contribution in [0.5, 0.6) is 0 Å². The Labute approximate surface area is 144 Å². The summed E-state index contributed by atoms with van der Waals surface area (Å²) in [4.78, 5) is 2.35. The second-order valence-corrected chi connectivity index (χ2v) is 7.23. The van der Waals surface area contributed by atoms with Crippen molar-refractivity contribution >= 4 is 11.4 Å². The predicted molar refractivity (Wildman–Crippen MR) is 103 cm³/mol. The Morgan fingerprint density at radius 1 is 0.833 bits per heavy atom. The molecule has 2 aromatic rings. The maximum absolute atomic E-state index is 2.35. The van der Waals surface area contributed by atoms with Crippen LogP contribution in [-0.2, 0) is 12.8 Å². The van der Waals surface area contributed by atoms with Crippen molar-refractivity contribution in [1.29, 1.82) is 0 Å². The number of nitrogens with zero attached hydrogens (tertiary/aromatic N) is 1. The zero-order valence-corrected chi connectivity index (χ0v) is 14.4. The van der Waals surface area contributed by atoms with E-state index in [1.165, 1.54) is 41.0 Å². The van der Waals surface area contributed by atoms with Gasteiger partial charge in [0, 0.05) is 22.5 Å². The minimum Gasteiger partial charge on any atom is -0.311 e. The van der Waals surface area contributed by atoms with Gasteiger partial charge in [-0.15, -0.1) is 0 Å². The Hall–Kier alpha value is -2.54. The van der Waals surface area contributed by atoms with Crippen molar-refractivity contribution in [3.05, 3.63) is 95.7 Å². The van der Waals surface area contributed by atoms with Gasteiger partial charge in [-0.3, -0.25) is 0 Å². The predicted octanol–water partition coefficient (Wildman–Crippen LogP) is 5.96. The molecule has 0 unspecified atom stereocenters. The van der Waals surface area contributed by atoms with Crippen molar-refractivity contribution in [1.82, 2.24) is 0 Å². The summed E-state index contributed by atoms with van der Waals surface area (Å²) < 4.78 is 0. The van der Waals surface area contributed by atoms with Crippen molar-refractivity contribution in [2.24, 2.45) is 5.41 Å². The molecular formula is C23H23N. The molecule has 0 aromatic heterocycles. The molecule has 120 valence electrons. The van der Waals surface area contributed by atoms with Crippen molar-refractivity contribution < 1.29 is 0 Å². The van der Waals surface area contributed by atoms with E-state index in [9.17, 15) is 0 Å². The topological polar surface area (TPSA) is 3.24 Å². The number of benzene rings is 2. The Balaban J connectivity index is 1.81. The molecule has 2 aliphatic carbocycles. The van der Waals surface area contributed by atoms with Gasteiger partial charge in [0.15, 0.2) is 0 Å². The summed E-state index contributed by atoms with van der Waals surface area (Å²) in [6.45, 7) is 4.46. The fraction of sp³-hybridized carbons (Fsp3) is 0.217. The summed E-state index contributed by atoms with van der Waals surface area (Å²) in [6, 6.07) is 17.5. The van der Waals surface area contributed by atoms with E-state index in [1.807, 2.05) is 0 Å². The van der Waals surface area contributed by atoms with Gasteiger partial charge in [0.2, 0.25) is 0 Å². The first-order valence-corrected chi connectivity index (χ1v) is 8.68. The lowest BCUT2D eigenvalue weighted by molar-refractivity contribution is 0.627. The van der Waals surface area contributed by atoms with Crippen molar-refractivity contribution in [2.45, 2.75) is 26.7 Å². The number of rotatable bonds is 3. The average Bonchev–Trinajstić information content (AvgIpc) is 2.72. The van der Waals surface area contributed by atoms with Gasteiger partial charge < -0.3 is 4.90 Å². The van der Waals surface area contributed by atoms with Crippen LogP contribution in [0.15, 0.2) is 84.6 Å². The lowest BCUT2D eigenvalue weighted by atomic mass is 9.88. The Kier molecular flexibility index (Phi) is 3.65. The van der Waals surface area contributed by atoms with Crippen LogP contribution in [0.2, 0.25) is 0 Å². The fourth-order valence-corrected chi connectivity index (χ4v) is 3.30. The van der Waals surface area contributed by atoms with E-state index in [0.717, 1.165) is 0 Å². The summed E-state index contributed by atoms with van der Waals surface area (Å²) in [5.74, 6) is 0. The van der Waals surface area contributed by atoms with Gasteiger partial charge in [-0.25, -0.2) is 0 Å². The molecule has 0 spiro atoms. The molecule has 0 aliphatic heterocycles. The number of hydrogen-bond donors (Lipinski definition) is 0. The summed E-state index contributed by atoms with van der Waals surface area (Å²) in [6.07, 6.45) is 13.6. The summed E-state index contributed by atoms with van der Waals surface area (Å²) in [5.41, 5.74) is 6.70. The summed E-state index contributed by atoms with van der Waals surface area (Å²) >= 11 is 0. The van der Waals surface area contributed by atoms with E-state index in [4.69, 9.17) is 0 Å². The molecule has 24 heavy (non-hydrogen) atoms. The minimum absolute atomic E-state index is 0.0844. The second-order valence-electron chi connectivity index (χ2n) is 7.23. The van der Waals surface area contributed by atoms with Gasteiger partial charge in [0.05, 0.1) is 0 Å². The molecule has 1 heteroatoms. The van der Waals surface area contributed by atoms with Gasteiger partial charge in [0.1, 0.15) is 0 Å². The highest BCUT2D eigenvalue weighted by atomic mass is 15.1. The van der Waals surface area contributed by atoms with E-state index in [0.29, 0.717) is 0 Å². The normalized spacial score (nSPS) is 17.5. The van der Waals surface area contributed by atoms with Crippen LogP contribution >= 0.6 is 0 Å². The quantitative estimate of drug-likeness (QED) is 0.676. The summed E-state index contributed by atoms with van der Waals surface area (Å²) in [5, 5.41) is 0. The Bertz CT molecular complexity index is 838. The highest BCUT2D eigenvalue weighted by Crippen LogP contribution is 2.36. The van der Waals surface area contributed by atoms with Gasteiger partial charge >= 0.3 is 0 Å². The van der Waals surface area contributed by atoms with E-state index in [1.54, 1.807) is 0 Å². The van der Waals surface area contributed by atoms with E-state index in [2.05, 4.69) is 97.7 Å². The lowest BCUT2D eigenvalue weighted by Crippen LogP contribution is -2.17. The molecule has 0 fully saturated rings. The van der Waals surface area contributed by atoms with Crippen LogP contribution in [0.1, 0.15) is 25.0 Å². The molecule has 0 bridgehead atoms. The molecule has 4 rings (SSSR count). The molecule has 0 radical (unpaired) electrons. The zero-order valence-electron chi connectivity index (χ0n) is 14.4. The molecule has 0 amide bonds. The monoisotopic (exact) mass is 313 g/mol. The lowest BCUT2D eigenvalue weighted by Gasteiger charge is -2.29. The van der Waals surface area contributed by atoms with Gasteiger partial charge in [-0.2, -0.15) is 0 Å². The molecular weight excluding hydrogens is 290 g/mol. The van der Waals surface area contributed by atoms with Crippen LogP contribution < -0.4 is 4.90 Å². The first-order chi connectivity index (χ1) is 11.6. The highest BCUT2D eigenvalue weighted by Gasteiger charge is 2.19. The standard InChI is InChI=1S/C23H23N/c1-23(2)15-6-9-21(14-16-23)24(20-7-4-3-5-8-20)22-13-12-18-10-11-19(18)17-22/h3-9,12-17H,10-11H2,1-2H3. The third kappa shape index (κ3) is 2.82. The molecule has 2 aromatic carbocycles. The number of hydrogen-bond acceptors (Lipinski definition) is 1. The van der Waals surface area contributed by atoms with Crippen LogP contribution in [0.4, 0.5) is 11.4 Å². The minimum atomic E-state index is 0.0844. The number of fused-ring (bicyclic) bond motifs is 1. The molecule has 1 nitrogen and oxygen atoms in total. The number of anilines is 2. The molecule has 0 saturated carbocycles. The Morgan fingerprint density at radius 3 is 2.33 bits per heavy atom. The van der Waals surface area contributed by atoms with E-state index < -0.39 is 0 Å². The van der Waals surface area contributed by atoms with Crippen molar-refractivity contribution in [3.8, 4) is 0 Å². The van der Waals surface area contributed by atoms with E-state index in [-0.39, 0.29) is 5.41 Å². The molecule has 0 atom stereocenters. The smallest absolute Gasteiger partial charge is 0.0464 e. The van der Waals surface area contributed by atoms with E-state index >= 15 is 0 Å². The largest absolute Gasteiger partial charge is 0.311 e. The van der Waals surface area contributed by atoms with Crippen LogP contribution in [0.3, 0.4) is 0 Å². The van der Waals surface area contributed by atoms with Crippen LogP contribution in [0, 0.1) is 5.41 Å². The number of aryl methyl sites for hydroxylation is 2. The Morgan fingerprint density at radius 2 is 1.62 bits per heavy atom. The first kappa shape index (κ1) is 15.0. The first-order valence-electron chi connectivity index (χ1n) is 8.68. The maximum Gasteiger partial charge on any atom is 0.0464 e. The van der Waals surface area contributed by atoms with Gasteiger partial charge in [0.25, 0.3) is 0 Å². The van der Waals surface area contributed by atoms with Crippen LogP contribution in [0.25, 0.3) is 0 Å². The highest BCUT2D eigenvalue weighted by molar-refractivity contribution is 5.72. The van der Waals surface area contributed by atoms with Crippen molar-refractivity contribution in [2.75, 3.05) is 4.90 Å². The van der Waals surface area contributed by atoms with Crippen LogP contribution in [-0.4, -0.2) is 0 Å². The average molecular weight is 313 g/mol. The van der Waals surface area contributed by atoms with Crippen molar-refractivity contribution in [3.63, 3.8) is 0 Å². The molecule has 0 N–H and O–H groups in total. The SMILES string of the molecule is CC1(C)C=CC=C(N(c2ccccc2)c2ccc3c(c2)CC3)C=C1. The van der Waals surface area contributed by atoms with Gasteiger partial charge in [-0.05, 0) is 60.4 Å². The second kappa shape index (κ2) is 5.83.